The van der Waals surface area contributed by atoms with Gasteiger partial charge in [0, 0.05) is 10.6 Å². The summed E-state index contributed by atoms with van der Waals surface area (Å²) in [5.74, 6) is 0.574. The molecule has 0 aliphatic heterocycles. The van der Waals surface area contributed by atoms with Crippen molar-refractivity contribution in [2.75, 3.05) is 27.4 Å². The Morgan fingerprint density at radius 2 is 1.82 bits per heavy atom. The predicted octanol–water partition coefficient (Wildman–Crippen LogP) is 3.16. The summed E-state index contributed by atoms with van der Waals surface area (Å²) in [6.45, 7) is 1.04. The fraction of sp³-hybridized carbons (Fsp3) is 0.300. The van der Waals surface area contributed by atoms with E-state index in [1.54, 1.807) is 63.6 Å². The molecule has 2 aromatic carbocycles. The molecule has 8 heteroatoms. The van der Waals surface area contributed by atoms with Crippen LogP contribution in [-0.2, 0) is 14.3 Å². The number of hydrogen-bond donors (Lipinski definition) is 1. The summed E-state index contributed by atoms with van der Waals surface area (Å²) >= 11 is 5.84. The van der Waals surface area contributed by atoms with Gasteiger partial charge in [0.2, 0.25) is 0 Å². The number of ether oxygens (including phenoxy) is 4. The molecule has 1 N–H and O–H groups in total. The molecule has 2 aromatic rings. The van der Waals surface area contributed by atoms with Gasteiger partial charge in [0.25, 0.3) is 5.91 Å². The Hall–Kier alpha value is -2.93. The Morgan fingerprint density at radius 1 is 1.04 bits per heavy atom. The fourth-order valence-electron chi connectivity index (χ4n) is 2.43. The molecule has 0 heterocycles. The Labute approximate surface area is 168 Å². The number of nitrogens with one attached hydrogen (secondary N) is 1. The van der Waals surface area contributed by atoms with E-state index in [0.717, 1.165) is 5.56 Å². The van der Waals surface area contributed by atoms with Crippen LogP contribution in [-0.4, -0.2) is 39.3 Å². The Morgan fingerprint density at radius 3 is 2.50 bits per heavy atom. The molecule has 1 amide bonds. The predicted molar refractivity (Wildman–Crippen MR) is 104 cm³/mol. The van der Waals surface area contributed by atoms with Gasteiger partial charge in [0.1, 0.15) is 17.2 Å². The molecule has 1 atom stereocenters. The van der Waals surface area contributed by atoms with Gasteiger partial charge < -0.3 is 24.3 Å². The van der Waals surface area contributed by atoms with Gasteiger partial charge in [-0.2, -0.15) is 0 Å². The number of amides is 1. The fourth-order valence-corrected chi connectivity index (χ4v) is 2.61. The summed E-state index contributed by atoms with van der Waals surface area (Å²) in [5.41, 5.74) is 0.741. The number of carbonyl (C=O) groups is 2. The number of rotatable bonds is 9. The zero-order chi connectivity index (χ0) is 20.5. The van der Waals surface area contributed by atoms with Gasteiger partial charge in [-0.15, -0.1) is 0 Å². The van der Waals surface area contributed by atoms with Crippen molar-refractivity contribution in [2.45, 2.75) is 13.0 Å². The molecule has 0 aliphatic rings. The van der Waals surface area contributed by atoms with Crippen molar-refractivity contribution in [3.8, 4) is 17.2 Å². The number of carbonyl (C=O) groups excluding carboxylic acids is 2. The number of hydrogen-bond acceptors (Lipinski definition) is 6. The monoisotopic (exact) mass is 407 g/mol. The van der Waals surface area contributed by atoms with E-state index in [-0.39, 0.29) is 12.6 Å². The lowest BCUT2D eigenvalue weighted by Crippen LogP contribution is -2.32. The lowest BCUT2D eigenvalue weighted by Gasteiger charge is -2.18. The SMILES string of the molecule is COc1ccc(OC)c([C@H](C)NC(=O)COC(=O)COc2cccc(Cl)c2)c1. The molecule has 0 radical (unpaired) electrons. The van der Waals surface area contributed by atoms with E-state index in [0.29, 0.717) is 22.3 Å². The van der Waals surface area contributed by atoms with E-state index in [4.69, 9.17) is 30.5 Å². The lowest BCUT2D eigenvalue weighted by molar-refractivity contribution is -0.150. The first-order chi connectivity index (χ1) is 13.4. The maximum Gasteiger partial charge on any atom is 0.344 e. The first kappa shape index (κ1) is 21.4. The molecule has 0 unspecified atom stereocenters. The van der Waals surface area contributed by atoms with Crippen LogP contribution in [0.2, 0.25) is 5.02 Å². The van der Waals surface area contributed by atoms with Crippen LogP contribution in [0.5, 0.6) is 17.2 Å². The van der Waals surface area contributed by atoms with Crippen LogP contribution in [0.4, 0.5) is 0 Å². The molecule has 0 aliphatic carbocycles. The van der Waals surface area contributed by atoms with Gasteiger partial charge in [-0.3, -0.25) is 4.79 Å². The maximum absolute atomic E-state index is 12.1. The second-order valence-corrected chi connectivity index (χ2v) is 6.24. The smallest absolute Gasteiger partial charge is 0.344 e. The van der Waals surface area contributed by atoms with Crippen LogP contribution in [0, 0.1) is 0 Å². The molecule has 0 saturated carbocycles. The summed E-state index contributed by atoms with van der Waals surface area (Å²) in [6.07, 6.45) is 0. The van der Waals surface area contributed by atoms with E-state index in [1.165, 1.54) is 0 Å². The average Bonchev–Trinajstić information content (AvgIpc) is 2.70. The van der Waals surface area contributed by atoms with Crippen molar-refractivity contribution in [2.24, 2.45) is 0 Å². The highest BCUT2D eigenvalue weighted by Gasteiger charge is 2.16. The zero-order valence-corrected chi connectivity index (χ0v) is 16.6. The van der Waals surface area contributed by atoms with E-state index < -0.39 is 18.5 Å². The molecular weight excluding hydrogens is 386 g/mol. The van der Waals surface area contributed by atoms with Crippen molar-refractivity contribution in [3.63, 3.8) is 0 Å². The number of benzene rings is 2. The molecule has 2 rings (SSSR count). The topological polar surface area (TPSA) is 83.1 Å². The summed E-state index contributed by atoms with van der Waals surface area (Å²) in [6, 6.07) is 11.5. The number of esters is 1. The van der Waals surface area contributed by atoms with Crippen LogP contribution >= 0.6 is 11.6 Å². The third-order valence-corrected chi connectivity index (χ3v) is 4.03. The summed E-state index contributed by atoms with van der Waals surface area (Å²) < 4.78 is 20.7. The quantitative estimate of drug-likeness (QED) is 0.643. The van der Waals surface area contributed by atoms with E-state index in [9.17, 15) is 9.59 Å². The van der Waals surface area contributed by atoms with E-state index in [2.05, 4.69) is 5.32 Å². The van der Waals surface area contributed by atoms with E-state index >= 15 is 0 Å². The molecule has 7 nitrogen and oxygen atoms in total. The summed E-state index contributed by atoms with van der Waals surface area (Å²) in [5, 5.41) is 3.24. The maximum atomic E-state index is 12.1. The molecule has 150 valence electrons. The van der Waals surface area contributed by atoms with Crippen molar-refractivity contribution < 1.29 is 28.5 Å². The molecule has 0 bridgehead atoms. The normalized spacial score (nSPS) is 11.3. The van der Waals surface area contributed by atoms with Crippen LogP contribution < -0.4 is 19.5 Å². The highest BCUT2D eigenvalue weighted by molar-refractivity contribution is 6.30. The van der Waals surface area contributed by atoms with E-state index in [1.807, 2.05) is 0 Å². The second-order valence-electron chi connectivity index (χ2n) is 5.80. The van der Waals surface area contributed by atoms with Crippen LogP contribution in [0.25, 0.3) is 0 Å². The van der Waals surface area contributed by atoms with Crippen molar-refractivity contribution >= 4 is 23.5 Å². The van der Waals surface area contributed by atoms with Gasteiger partial charge in [-0.25, -0.2) is 4.79 Å². The molecular formula is C20H22ClNO6. The van der Waals surface area contributed by atoms with Crippen molar-refractivity contribution in [3.05, 3.63) is 53.1 Å². The Balaban J connectivity index is 1.82. The first-order valence-corrected chi connectivity index (χ1v) is 8.86. The highest BCUT2D eigenvalue weighted by atomic mass is 35.5. The number of methoxy groups -OCH3 is 2. The minimum Gasteiger partial charge on any atom is -0.497 e. The van der Waals surface area contributed by atoms with Gasteiger partial charge in [-0.1, -0.05) is 17.7 Å². The minimum atomic E-state index is -0.665. The largest absolute Gasteiger partial charge is 0.497 e. The third kappa shape index (κ3) is 6.35. The average molecular weight is 408 g/mol. The summed E-state index contributed by atoms with van der Waals surface area (Å²) in [7, 11) is 3.10. The van der Waals surface area contributed by atoms with Gasteiger partial charge in [0.05, 0.1) is 20.3 Å². The van der Waals surface area contributed by atoms with Gasteiger partial charge in [-0.05, 0) is 43.3 Å². The van der Waals surface area contributed by atoms with Crippen molar-refractivity contribution in [1.29, 1.82) is 0 Å². The highest BCUT2D eigenvalue weighted by Crippen LogP contribution is 2.29. The first-order valence-electron chi connectivity index (χ1n) is 8.48. The summed E-state index contributed by atoms with van der Waals surface area (Å²) in [4.78, 5) is 23.8. The van der Waals surface area contributed by atoms with Crippen LogP contribution in [0.3, 0.4) is 0 Å². The third-order valence-electron chi connectivity index (χ3n) is 3.80. The second kappa shape index (κ2) is 10.4. The molecule has 0 aromatic heterocycles. The molecule has 0 spiro atoms. The Kier molecular flexibility index (Phi) is 7.95. The molecule has 0 saturated heterocycles. The Bertz CT molecular complexity index is 826. The molecule has 28 heavy (non-hydrogen) atoms. The standard InChI is InChI=1S/C20H22ClNO6/c1-13(17-10-15(25-2)7-8-18(17)26-3)22-19(23)11-28-20(24)12-27-16-6-4-5-14(21)9-16/h4-10,13H,11-12H2,1-3H3,(H,22,23)/t13-/m0/s1. The zero-order valence-electron chi connectivity index (χ0n) is 15.9. The number of halogens is 1. The van der Waals surface area contributed by atoms with Crippen LogP contribution in [0.1, 0.15) is 18.5 Å². The van der Waals surface area contributed by atoms with Gasteiger partial charge >= 0.3 is 5.97 Å². The van der Waals surface area contributed by atoms with Crippen molar-refractivity contribution in [1.82, 2.24) is 5.32 Å². The van der Waals surface area contributed by atoms with Crippen LogP contribution in [0.15, 0.2) is 42.5 Å². The molecule has 0 fully saturated rings. The van der Waals surface area contributed by atoms with Gasteiger partial charge in [0.15, 0.2) is 13.2 Å². The minimum absolute atomic E-state index is 0.327. The lowest BCUT2D eigenvalue weighted by atomic mass is 10.1.